The van der Waals surface area contributed by atoms with Crippen LogP contribution in [0.15, 0.2) is 35.5 Å². The molecule has 2 N–H and O–H groups in total. The Morgan fingerprint density at radius 1 is 1.12 bits per heavy atom. The van der Waals surface area contributed by atoms with E-state index in [1.807, 2.05) is 19.9 Å². The van der Waals surface area contributed by atoms with Gasteiger partial charge in [0.05, 0.1) is 13.2 Å². The zero-order chi connectivity index (χ0) is 13.3. The number of aliphatic hydroxyl groups excluding tert-OH is 2. The third kappa shape index (κ3) is 7.94. The standard InChI is InChI=1S/C15H26O2/c1-12(2)15(8-6-14(4)11-17)7-5-13(3)9-10-16/h6,9,15-17H,1,5,7-8,10-11H2,2-4H3/b13-9+,14-6+. The quantitative estimate of drug-likeness (QED) is 0.637. The third-order valence-electron chi connectivity index (χ3n) is 3.02. The van der Waals surface area contributed by atoms with Crippen LogP contribution in [-0.2, 0) is 0 Å². The molecule has 0 saturated carbocycles. The van der Waals surface area contributed by atoms with Gasteiger partial charge in [0.15, 0.2) is 0 Å². The second-order valence-electron chi connectivity index (χ2n) is 4.76. The van der Waals surface area contributed by atoms with Crippen LogP contribution in [0.4, 0.5) is 0 Å². The van der Waals surface area contributed by atoms with Crippen molar-refractivity contribution in [1.82, 2.24) is 0 Å². The van der Waals surface area contributed by atoms with Gasteiger partial charge in [-0.2, -0.15) is 0 Å². The van der Waals surface area contributed by atoms with Crippen LogP contribution < -0.4 is 0 Å². The minimum atomic E-state index is 0.118. The monoisotopic (exact) mass is 238 g/mol. The topological polar surface area (TPSA) is 40.5 Å². The Hall–Kier alpha value is -0.860. The molecule has 0 rings (SSSR count). The van der Waals surface area contributed by atoms with Gasteiger partial charge in [-0.15, -0.1) is 0 Å². The van der Waals surface area contributed by atoms with Crippen LogP contribution in [0, 0.1) is 5.92 Å². The van der Waals surface area contributed by atoms with Gasteiger partial charge < -0.3 is 10.2 Å². The predicted molar refractivity (Wildman–Crippen MR) is 73.8 cm³/mol. The Balaban J connectivity index is 4.26. The molecule has 0 aliphatic carbocycles. The first-order chi connectivity index (χ1) is 8.01. The van der Waals surface area contributed by atoms with Crippen molar-refractivity contribution in [2.75, 3.05) is 13.2 Å². The number of aliphatic hydroxyl groups is 2. The van der Waals surface area contributed by atoms with Gasteiger partial charge in [-0.3, -0.25) is 0 Å². The van der Waals surface area contributed by atoms with Crippen LogP contribution >= 0.6 is 0 Å². The predicted octanol–water partition coefficient (Wildman–Crippen LogP) is 3.23. The second kappa shape index (κ2) is 9.20. The number of hydrogen-bond donors (Lipinski definition) is 2. The summed E-state index contributed by atoms with van der Waals surface area (Å²) in [5, 5.41) is 17.7. The molecule has 2 heteroatoms. The lowest BCUT2D eigenvalue weighted by Crippen LogP contribution is -2.01. The van der Waals surface area contributed by atoms with Crippen LogP contribution in [-0.4, -0.2) is 23.4 Å². The van der Waals surface area contributed by atoms with Gasteiger partial charge in [0.1, 0.15) is 0 Å². The summed E-state index contributed by atoms with van der Waals surface area (Å²) in [7, 11) is 0. The molecular formula is C15H26O2. The fourth-order valence-corrected chi connectivity index (χ4v) is 1.63. The minimum Gasteiger partial charge on any atom is -0.392 e. The molecule has 1 atom stereocenters. The fraction of sp³-hybridized carbons (Fsp3) is 0.600. The highest BCUT2D eigenvalue weighted by Gasteiger charge is 2.08. The Labute approximate surface area is 105 Å². The highest BCUT2D eigenvalue weighted by atomic mass is 16.3. The molecule has 0 aliphatic rings. The summed E-state index contributed by atoms with van der Waals surface area (Å²) < 4.78 is 0. The van der Waals surface area contributed by atoms with Gasteiger partial charge >= 0.3 is 0 Å². The Kier molecular flexibility index (Phi) is 8.73. The normalized spacial score (nSPS) is 14.9. The van der Waals surface area contributed by atoms with Gasteiger partial charge in [0.2, 0.25) is 0 Å². The largest absolute Gasteiger partial charge is 0.392 e. The first kappa shape index (κ1) is 16.1. The molecule has 0 aliphatic heterocycles. The summed E-state index contributed by atoms with van der Waals surface area (Å²) in [5.41, 5.74) is 3.42. The van der Waals surface area contributed by atoms with Gasteiger partial charge in [0, 0.05) is 0 Å². The molecule has 2 nitrogen and oxygen atoms in total. The molecule has 0 saturated heterocycles. The average molecular weight is 238 g/mol. The maximum atomic E-state index is 8.95. The second-order valence-corrected chi connectivity index (χ2v) is 4.76. The lowest BCUT2D eigenvalue weighted by Gasteiger charge is -2.15. The van der Waals surface area contributed by atoms with E-state index >= 15 is 0 Å². The van der Waals surface area contributed by atoms with Crippen molar-refractivity contribution in [2.24, 2.45) is 5.92 Å². The minimum absolute atomic E-state index is 0.118. The molecule has 0 bridgehead atoms. The van der Waals surface area contributed by atoms with E-state index in [2.05, 4.69) is 19.6 Å². The first-order valence-electron chi connectivity index (χ1n) is 6.19. The van der Waals surface area contributed by atoms with Crippen molar-refractivity contribution in [2.45, 2.75) is 40.0 Å². The Morgan fingerprint density at radius 3 is 2.24 bits per heavy atom. The number of rotatable bonds is 8. The zero-order valence-electron chi connectivity index (χ0n) is 11.4. The Morgan fingerprint density at radius 2 is 1.76 bits per heavy atom. The molecule has 0 fully saturated rings. The van der Waals surface area contributed by atoms with E-state index in [-0.39, 0.29) is 13.2 Å². The van der Waals surface area contributed by atoms with Crippen molar-refractivity contribution in [1.29, 1.82) is 0 Å². The van der Waals surface area contributed by atoms with Crippen LogP contribution in [0.25, 0.3) is 0 Å². The summed E-state index contributed by atoms with van der Waals surface area (Å²) in [4.78, 5) is 0. The maximum absolute atomic E-state index is 8.95. The molecular weight excluding hydrogens is 212 g/mol. The van der Waals surface area contributed by atoms with E-state index < -0.39 is 0 Å². The number of hydrogen-bond acceptors (Lipinski definition) is 2. The first-order valence-corrected chi connectivity index (χ1v) is 6.19. The molecule has 0 aromatic rings. The van der Waals surface area contributed by atoms with Crippen molar-refractivity contribution >= 4 is 0 Å². The van der Waals surface area contributed by atoms with E-state index in [1.165, 1.54) is 11.1 Å². The van der Waals surface area contributed by atoms with Crippen molar-refractivity contribution in [3.05, 3.63) is 35.5 Å². The SMILES string of the molecule is C=C(C)C(C/C=C(\C)CO)CC/C(C)=C/CO. The van der Waals surface area contributed by atoms with Crippen LogP contribution in [0.5, 0.6) is 0 Å². The van der Waals surface area contributed by atoms with E-state index in [1.54, 1.807) is 0 Å². The summed E-state index contributed by atoms with van der Waals surface area (Å²) in [6.45, 7) is 10.3. The highest BCUT2D eigenvalue weighted by Crippen LogP contribution is 2.22. The van der Waals surface area contributed by atoms with Gasteiger partial charge in [-0.1, -0.05) is 35.5 Å². The van der Waals surface area contributed by atoms with Crippen LogP contribution in [0.1, 0.15) is 40.0 Å². The van der Waals surface area contributed by atoms with Crippen molar-refractivity contribution < 1.29 is 10.2 Å². The fourth-order valence-electron chi connectivity index (χ4n) is 1.63. The summed E-state index contributed by atoms with van der Waals surface area (Å²) >= 11 is 0. The van der Waals surface area contributed by atoms with E-state index in [0.717, 1.165) is 24.8 Å². The van der Waals surface area contributed by atoms with E-state index in [4.69, 9.17) is 10.2 Å². The smallest absolute Gasteiger partial charge is 0.0639 e. The maximum Gasteiger partial charge on any atom is 0.0639 e. The average Bonchev–Trinajstić information content (AvgIpc) is 2.28. The molecule has 0 radical (unpaired) electrons. The van der Waals surface area contributed by atoms with Gasteiger partial charge in [-0.05, 0) is 46.0 Å². The molecule has 98 valence electrons. The molecule has 0 aromatic heterocycles. The van der Waals surface area contributed by atoms with Gasteiger partial charge in [0.25, 0.3) is 0 Å². The Bertz CT molecular complexity index is 287. The molecule has 1 unspecified atom stereocenters. The molecule has 0 amide bonds. The summed E-state index contributed by atoms with van der Waals surface area (Å²) in [6, 6.07) is 0. The third-order valence-corrected chi connectivity index (χ3v) is 3.02. The lowest BCUT2D eigenvalue weighted by molar-refractivity contribution is 0.330. The van der Waals surface area contributed by atoms with Gasteiger partial charge in [-0.25, -0.2) is 0 Å². The summed E-state index contributed by atoms with van der Waals surface area (Å²) in [6.07, 6.45) is 6.92. The zero-order valence-corrected chi connectivity index (χ0v) is 11.4. The highest BCUT2D eigenvalue weighted by molar-refractivity contribution is 5.06. The van der Waals surface area contributed by atoms with Crippen LogP contribution in [0.2, 0.25) is 0 Å². The van der Waals surface area contributed by atoms with E-state index in [0.29, 0.717) is 5.92 Å². The molecule has 0 heterocycles. The molecule has 0 spiro atoms. The van der Waals surface area contributed by atoms with Crippen molar-refractivity contribution in [3.8, 4) is 0 Å². The number of allylic oxidation sites excluding steroid dienone is 3. The summed E-state index contributed by atoms with van der Waals surface area (Å²) in [5.74, 6) is 0.457. The van der Waals surface area contributed by atoms with Crippen LogP contribution in [0.3, 0.4) is 0 Å². The van der Waals surface area contributed by atoms with E-state index in [9.17, 15) is 0 Å². The molecule has 17 heavy (non-hydrogen) atoms. The molecule has 0 aromatic carbocycles. The van der Waals surface area contributed by atoms with Crippen molar-refractivity contribution in [3.63, 3.8) is 0 Å². The lowest BCUT2D eigenvalue weighted by atomic mass is 9.90.